The summed E-state index contributed by atoms with van der Waals surface area (Å²) in [6, 6.07) is 10.0. The molecule has 1 aromatic rings. The Morgan fingerprint density at radius 2 is 1.65 bits per heavy atom. The van der Waals surface area contributed by atoms with Crippen molar-refractivity contribution in [1.82, 2.24) is 0 Å². The molecule has 0 spiro atoms. The quantitative estimate of drug-likeness (QED) is 0.595. The smallest absolute Gasteiger partial charge is 0.192 e. The lowest BCUT2D eigenvalue weighted by Crippen LogP contribution is -2.48. The number of aliphatic hydroxyl groups is 2. The predicted molar refractivity (Wildman–Crippen MR) is 110 cm³/mol. The maximum Gasteiger partial charge on any atom is 0.192 e. The Labute approximate surface area is 160 Å². The van der Waals surface area contributed by atoms with Crippen molar-refractivity contribution in [3.05, 3.63) is 35.9 Å². The van der Waals surface area contributed by atoms with E-state index in [1.807, 2.05) is 44.2 Å². The third-order valence-corrected chi connectivity index (χ3v) is 10.2. The second-order valence-corrected chi connectivity index (χ2v) is 13.7. The second kappa shape index (κ2) is 9.99. The average molecular weight is 383 g/mol. The maximum atomic E-state index is 10.7. The zero-order valence-electron chi connectivity index (χ0n) is 17.5. The summed E-state index contributed by atoms with van der Waals surface area (Å²) in [7, 11) is -1.95. The molecule has 0 aliphatic carbocycles. The number of ether oxygens (including phenoxy) is 1. The predicted octanol–water partition coefficient (Wildman–Crippen LogP) is 4.22. The molecule has 2 N–H and O–H groups in total. The molecule has 0 fully saturated rings. The highest BCUT2D eigenvalue weighted by Gasteiger charge is 2.41. The van der Waals surface area contributed by atoms with Crippen LogP contribution in [0.1, 0.15) is 40.2 Å². The largest absolute Gasteiger partial charge is 0.414 e. The summed E-state index contributed by atoms with van der Waals surface area (Å²) < 4.78 is 12.4. The topological polar surface area (TPSA) is 58.9 Å². The molecule has 1 rings (SSSR count). The van der Waals surface area contributed by atoms with Crippen molar-refractivity contribution in [3.8, 4) is 0 Å². The van der Waals surface area contributed by atoms with Crippen LogP contribution in [0.15, 0.2) is 30.3 Å². The Morgan fingerprint density at radius 3 is 2.15 bits per heavy atom. The number of hydrogen-bond donors (Lipinski definition) is 2. The van der Waals surface area contributed by atoms with Gasteiger partial charge in [-0.25, -0.2) is 0 Å². The molecule has 0 aliphatic rings. The fourth-order valence-electron chi connectivity index (χ4n) is 2.66. The van der Waals surface area contributed by atoms with Crippen LogP contribution < -0.4 is 0 Å². The molecular formula is C21H38O4Si. The van der Waals surface area contributed by atoms with E-state index in [0.29, 0.717) is 13.2 Å². The summed E-state index contributed by atoms with van der Waals surface area (Å²) in [6.07, 6.45) is -0.814. The molecule has 4 atom stereocenters. The molecule has 0 saturated carbocycles. The fourth-order valence-corrected chi connectivity index (χ4v) is 4.12. The molecule has 1 aromatic carbocycles. The third kappa shape index (κ3) is 6.78. The first-order chi connectivity index (χ1) is 12.0. The summed E-state index contributed by atoms with van der Waals surface area (Å²) in [5, 5.41) is 20.3. The molecule has 0 heterocycles. The van der Waals surface area contributed by atoms with Crippen LogP contribution in [0, 0.1) is 11.8 Å². The van der Waals surface area contributed by atoms with Gasteiger partial charge in [0.1, 0.15) is 0 Å². The lowest BCUT2D eigenvalue weighted by molar-refractivity contribution is -0.0582. The molecule has 0 aliphatic heterocycles. The Hall–Kier alpha value is -0.723. The number of rotatable bonds is 10. The number of benzene rings is 1. The van der Waals surface area contributed by atoms with Crippen LogP contribution in [0.5, 0.6) is 0 Å². The monoisotopic (exact) mass is 382 g/mol. The van der Waals surface area contributed by atoms with Gasteiger partial charge in [-0.15, -0.1) is 0 Å². The van der Waals surface area contributed by atoms with Crippen molar-refractivity contribution in [2.75, 3.05) is 13.2 Å². The van der Waals surface area contributed by atoms with Gasteiger partial charge in [0.15, 0.2) is 8.32 Å². The van der Waals surface area contributed by atoms with E-state index in [1.54, 1.807) is 0 Å². The van der Waals surface area contributed by atoms with E-state index in [9.17, 15) is 10.2 Å². The van der Waals surface area contributed by atoms with E-state index in [1.165, 1.54) is 0 Å². The Morgan fingerprint density at radius 1 is 1.08 bits per heavy atom. The van der Waals surface area contributed by atoms with Gasteiger partial charge in [-0.1, -0.05) is 58.0 Å². The van der Waals surface area contributed by atoms with Crippen LogP contribution in [0.4, 0.5) is 0 Å². The van der Waals surface area contributed by atoms with E-state index >= 15 is 0 Å². The van der Waals surface area contributed by atoms with Gasteiger partial charge in [0.25, 0.3) is 0 Å². The summed E-state index contributed by atoms with van der Waals surface area (Å²) in [6.45, 7) is 15.8. The van der Waals surface area contributed by atoms with Crippen LogP contribution >= 0.6 is 0 Å². The van der Waals surface area contributed by atoms with E-state index in [2.05, 4.69) is 33.9 Å². The van der Waals surface area contributed by atoms with E-state index in [-0.39, 0.29) is 29.6 Å². The van der Waals surface area contributed by atoms with Crippen LogP contribution in [0.2, 0.25) is 18.1 Å². The van der Waals surface area contributed by atoms with Crippen molar-refractivity contribution >= 4 is 8.32 Å². The van der Waals surface area contributed by atoms with Gasteiger partial charge >= 0.3 is 0 Å². The highest BCUT2D eigenvalue weighted by Crippen LogP contribution is 2.38. The fraction of sp³-hybridized carbons (Fsp3) is 0.714. The lowest BCUT2D eigenvalue weighted by atomic mass is 9.89. The molecule has 0 bridgehead atoms. The van der Waals surface area contributed by atoms with Gasteiger partial charge in [0.2, 0.25) is 0 Å². The zero-order chi connectivity index (χ0) is 20.0. The van der Waals surface area contributed by atoms with Crippen molar-refractivity contribution in [2.24, 2.45) is 11.8 Å². The van der Waals surface area contributed by atoms with Crippen molar-refractivity contribution in [3.63, 3.8) is 0 Å². The minimum atomic E-state index is -1.95. The van der Waals surface area contributed by atoms with Crippen molar-refractivity contribution in [1.29, 1.82) is 0 Å². The Balaban J connectivity index is 2.80. The third-order valence-electron chi connectivity index (χ3n) is 5.62. The van der Waals surface area contributed by atoms with Crippen molar-refractivity contribution in [2.45, 2.75) is 71.6 Å². The van der Waals surface area contributed by atoms with Crippen molar-refractivity contribution < 1.29 is 19.4 Å². The molecule has 0 unspecified atom stereocenters. The molecule has 5 heteroatoms. The number of aliphatic hydroxyl groups excluding tert-OH is 2. The van der Waals surface area contributed by atoms with Gasteiger partial charge in [-0.05, 0) is 30.6 Å². The van der Waals surface area contributed by atoms with Gasteiger partial charge < -0.3 is 19.4 Å². The summed E-state index contributed by atoms with van der Waals surface area (Å²) in [5.41, 5.74) is 1.11. The first kappa shape index (κ1) is 23.3. The van der Waals surface area contributed by atoms with Gasteiger partial charge in [0, 0.05) is 24.5 Å². The highest BCUT2D eigenvalue weighted by atomic mass is 28.4. The molecule has 0 aromatic heterocycles. The van der Waals surface area contributed by atoms with Crippen LogP contribution in [-0.2, 0) is 15.8 Å². The van der Waals surface area contributed by atoms with E-state index in [0.717, 1.165) is 5.56 Å². The lowest BCUT2D eigenvalue weighted by Gasteiger charge is -2.41. The minimum Gasteiger partial charge on any atom is -0.414 e. The zero-order valence-corrected chi connectivity index (χ0v) is 18.5. The molecule has 0 amide bonds. The summed E-state index contributed by atoms with van der Waals surface area (Å²) in [5.74, 6) is -0.402. The molecule has 0 saturated heterocycles. The first-order valence-corrected chi connectivity index (χ1v) is 12.5. The SMILES string of the molecule is C[C@@H](CO)[C@H](O)[C@H](COCc1ccccc1)[C@@H](C)O[Si](C)(C)C(C)(C)C. The molecule has 4 nitrogen and oxygen atoms in total. The van der Waals surface area contributed by atoms with Crippen LogP contribution in [0.25, 0.3) is 0 Å². The average Bonchev–Trinajstić information content (AvgIpc) is 2.56. The molecule has 150 valence electrons. The van der Waals surface area contributed by atoms with Crippen LogP contribution in [0.3, 0.4) is 0 Å². The molecule has 26 heavy (non-hydrogen) atoms. The van der Waals surface area contributed by atoms with E-state index < -0.39 is 14.4 Å². The first-order valence-electron chi connectivity index (χ1n) is 9.58. The second-order valence-electron chi connectivity index (χ2n) is 8.90. The highest BCUT2D eigenvalue weighted by molar-refractivity contribution is 6.74. The Bertz CT molecular complexity index is 512. The molecule has 0 radical (unpaired) electrons. The van der Waals surface area contributed by atoms with Gasteiger partial charge in [0.05, 0.1) is 19.3 Å². The standard InChI is InChI=1S/C21H38O4Si/c1-16(13-22)20(23)19(15-24-14-18-11-9-8-10-12-18)17(2)25-26(6,7)21(3,4)5/h8-12,16-17,19-20,22-23H,13-15H2,1-7H3/t16-,17+,19+,20-/m0/s1. The van der Waals surface area contributed by atoms with Gasteiger partial charge in [-0.2, -0.15) is 0 Å². The summed E-state index contributed by atoms with van der Waals surface area (Å²) >= 11 is 0. The maximum absolute atomic E-state index is 10.7. The number of hydrogen-bond acceptors (Lipinski definition) is 4. The molecular weight excluding hydrogens is 344 g/mol. The van der Waals surface area contributed by atoms with E-state index in [4.69, 9.17) is 9.16 Å². The van der Waals surface area contributed by atoms with Crippen LogP contribution in [-0.4, -0.2) is 44.0 Å². The normalized spacial score (nSPS) is 17.6. The van der Waals surface area contributed by atoms with Gasteiger partial charge in [-0.3, -0.25) is 0 Å². The minimum absolute atomic E-state index is 0.0524. The Kier molecular flexibility index (Phi) is 8.96. The summed E-state index contributed by atoms with van der Waals surface area (Å²) in [4.78, 5) is 0.